The Labute approximate surface area is 156 Å². The number of hydrogen-bond donors (Lipinski definition) is 3. The first-order valence-electron chi connectivity index (χ1n) is 8.48. The molecular weight excluding hydrogens is 338 g/mol. The Balaban J connectivity index is 1.43. The highest BCUT2D eigenvalue weighted by molar-refractivity contribution is 5.99. The van der Waals surface area contributed by atoms with Gasteiger partial charge in [0, 0.05) is 22.4 Å². The van der Waals surface area contributed by atoms with Crippen LogP contribution >= 0.6 is 0 Å². The molecule has 3 aromatic carbocycles. The number of nitrogens with zero attached hydrogens (tertiary/aromatic N) is 2. The minimum atomic E-state index is -0.288. The summed E-state index contributed by atoms with van der Waals surface area (Å²) in [5.74, 6) is 0.739. The Kier molecular flexibility index (Phi) is 4.61. The van der Waals surface area contributed by atoms with Crippen molar-refractivity contribution in [1.29, 1.82) is 0 Å². The Morgan fingerprint density at radius 1 is 0.667 bits per heavy atom. The molecule has 0 atom stereocenters. The van der Waals surface area contributed by atoms with Gasteiger partial charge in [-0.05, 0) is 48.5 Å². The maximum absolute atomic E-state index is 12.0. The van der Waals surface area contributed by atoms with Crippen LogP contribution < -0.4 is 16.0 Å². The SMILES string of the molecule is O=C(Nc1ccccc1)Nc1ccc(Nc2ncnc3ccccc23)cc1. The maximum Gasteiger partial charge on any atom is 0.323 e. The zero-order valence-corrected chi connectivity index (χ0v) is 14.4. The van der Waals surface area contributed by atoms with Crippen LogP contribution in [0.4, 0.5) is 27.7 Å². The van der Waals surface area contributed by atoms with Crippen LogP contribution in [-0.4, -0.2) is 16.0 Å². The van der Waals surface area contributed by atoms with E-state index in [2.05, 4.69) is 25.9 Å². The summed E-state index contributed by atoms with van der Waals surface area (Å²) in [6.45, 7) is 0. The normalized spacial score (nSPS) is 10.4. The lowest BCUT2D eigenvalue weighted by atomic mass is 10.2. The first-order chi connectivity index (χ1) is 13.3. The number of aromatic nitrogens is 2. The predicted molar refractivity (Wildman–Crippen MR) is 108 cm³/mol. The average molecular weight is 355 g/mol. The number of amides is 2. The summed E-state index contributed by atoms with van der Waals surface area (Å²) in [6, 6.07) is 24.3. The maximum atomic E-state index is 12.0. The Morgan fingerprint density at radius 2 is 1.30 bits per heavy atom. The van der Waals surface area contributed by atoms with Crippen molar-refractivity contribution >= 4 is 39.8 Å². The predicted octanol–water partition coefficient (Wildman–Crippen LogP) is 5.02. The number of nitrogens with one attached hydrogen (secondary N) is 3. The molecule has 0 unspecified atom stereocenters. The molecule has 2 amide bonds. The summed E-state index contributed by atoms with van der Waals surface area (Å²) in [4.78, 5) is 20.6. The van der Waals surface area contributed by atoms with Gasteiger partial charge in [0.15, 0.2) is 0 Å². The molecule has 0 saturated heterocycles. The molecule has 0 radical (unpaired) electrons. The minimum absolute atomic E-state index is 0.288. The lowest BCUT2D eigenvalue weighted by molar-refractivity contribution is 0.262. The first-order valence-corrected chi connectivity index (χ1v) is 8.48. The van der Waals surface area contributed by atoms with E-state index in [-0.39, 0.29) is 6.03 Å². The van der Waals surface area contributed by atoms with E-state index in [4.69, 9.17) is 0 Å². The van der Waals surface area contributed by atoms with E-state index in [1.807, 2.05) is 78.9 Å². The molecule has 0 saturated carbocycles. The molecule has 0 aliphatic rings. The van der Waals surface area contributed by atoms with Gasteiger partial charge in [-0.2, -0.15) is 0 Å². The van der Waals surface area contributed by atoms with Gasteiger partial charge in [-0.15, -0.1) is 0 Å². The Hall–Kier alpha value is -3.93. The molecule has 0 fully saturated rings. The van der Waals surface area contributed by atoms with Crippen LogP contribution in [0.2, 0.25) is 0 Å². The van der Waals surface area contributed by atoms with Crippen LogP contribution in [0, 0.1) is 0 Å². The fourth-order valence-corrected chi connectivity index (χ4v) is 2.69. The third-order valence-corrected chi connectivity index (χ3v) is 3.98. The number of rotatable bonds is 4. The fourth-order valence-electron chi connectivity index (χ4n) is 2.69. The minimum Gasteiger partial charge on any atom is -0.340 e. The van der Waals surface area contributed by atoms with Crippen molar-refractivity contribution in [2.45, 2.75) is 0 Å². The molecular formula is C21H17N5O. The van der Waals surface area contributed by atoms with Crippen LogP contribution in [0.25, 0.3) is 10.9 Å². The van der Waals surface area contributed by atoms with Crippen molar-refractivity contribution in [3.8, 4) is 0 Å². The summed E-state index contributed by atoms with van der Waals surface area (Å²) in [5, 5.41) is 9.83. The van der Waals surface area contributed by atoms with E-state index in [9.17, 15) is 4.79 Å². The fraction of sp³-hybridized carbons (Fsp3) is 0. The molecule has 0 spiro atoms. The summed E-state index contributed by atoms with van der Waals surface area (Å²) in [6.07, 6.45) is 1.54. The molecule has 1 aromatic heterocycles. The molecule has 27 heavy (non-hydrogen) atoms. The molecule has 1 heterocycles. The summed E-state index contributed by atoms with van der Waals surface area (Å²) < 4.78 is 0. The Bertz CT molecular complexity index is 1060. The van der Waals surface area contributed by atoms with Gasteiger partial charge in [0.1, 0.15) is 12.1 Å². The monoisotopic (exact) mass is 355 g/mol. The van der Waals surface area contributed by atoms with E-state index < -0.39 is 0 Å². The second kappa shape index (κ2) is 7.53. The second-order valence-corrected chi connectivity index (χ2v) is 5.89. The molecule has 0 aliphatic heterocycles. The number of urea groups is 1. The lowest BCUT2D eigenvalue weighted by Gasteiger charge is -2.10. The third kappa shape index (κ3) is 4.01. The number of carbonyl (C=O) groups excluding carboxylic acids is 1. The zero-order chi connectivity index (χ0) is 18.5. The highest BCUT2D eigenvalue weighted by atomic mass is 16.2. The molecule has 6 nitrogen and oxygen atoms in total. The van der Waals surface area contributed by atoms with Crippen molar-refractivity contribution in [2.75, 3.05) is 16.0 Å². The first kappa shape index (κ1) is 16.5. The molecule has 4 aromatic rings. The standard InChI is InChI=1S/C21H17N5O/c27-21(25-15-6-2-1-3-7-15)26-17-12-10-16(11-13-17)24-20-18-8-4-5-9-19(18)22-14-23-20/h1-14H,(H,22,23,24)(H2,25,26,27). The number of benzene rings is 3. The van der Waals surface area contributed by atoms with E-state index in [1.54, 1.807) is 0 Å². The van der Waals surface area contributed by atoms with Gasteiger partial charge >= 0.3 is 6.03 Å². The smallest absolute Gasteiger partial charge is 0.323 e. The van der Waals surface area contributed by atoms with E-state index in [0.29, 0.717) is 5.69 Å². The molecule has 132 valence electrons. The van der Waals surface area contributed by atoms with Crippen LogP contribution in [-0.2, 0) is 0 Å². The van der Waals surface area contributed by atoms with Gasteiger partial charge in [-0.25, -0.2) is 14.8 Å². The molecule has 0 bridgehead atoms. The van der Waals surface area contributed by atoms with Crippen molar-refractivity contribution < 1.29 is 4.79 Å². The molecule has 0 aliphatic carbocycles. The largest absolute Gasteiger partial charge is 0.340 e. The van der Waals surface area contributed by atoms with Crippen LogP contribution in [0.1, 0.15) is 0 Å². The molecule has 3 N–H and O–H groups in total. The lowest BCUT2D eigenvalue weighted by Crippen LogP contribution is -2.19. The number of hydrogen-bond acceptors (Lipinski definition) is 4. The quantitative estimate of drug-likeness (QED) is 0.480. The van der Waals surface area contributed by atoms with Gasteiger partial charge in [-0.3, -0.25) is 0 Å². The topological polar surface area (TPSA) is 78.9 Å². The van der Waals surface area contributed by atoms with Gasteiger partial charge < -0.3 is 16.0 Å². The number of para-hydroxylation sites is 2. The van der Waals surface area contributed by atoms with Crippen LogP contribution in [0.3, 0.4) is 0 Å². The highest BCUT2D eigenvalue weighted by Gasteiger charge is 2.05. The number of carbonyl (C=O) groups is 1. The van der Waals surface area contributed by atoms with Gasteiger partial charge in [0.2, 0.25) is 0 Å². The molecule has 4 rings (SSSR count). The van der Waals surface area contributed by atoms with E-state index >= 15 is 0 Å². The average Bonchev–Trinajstić information content (AvgIpc) is 2.70. The van der Waals surface area contributed by atoms with Crippen molar-refractivity contribution in [2.24, 2.45) is 0 Å². The van der Waals surface area contributed by atoms with Crippen molar-refractivity contribution in [3.63, 3.8) is 0 Å². The van der Waals surface area contributed by atoms with E-state index in [1.165, 1.54) is 6.33 Å². The number of fused-ring (bicyclic) bond motifs is 1. The molecule has 6 heteroatoms. The third-order valence-electron chi connectivity index (χ3n) is 3.98. The second-order valence-electron chi connectivity index (χ2n) is 5.89. The van der Waals surface area contributed by atoms with Crippen molar-refractivity contribution in [1.82, 2.24) is 9.97 Å². The Morgan fingerprint density at radius 3 is 2.07 bits per heavy atom. The summed E-state index contributed by atoms with van der Waals surface area (Å²) >= 11 is 0. The van der Waals surface area contributed by atoms with Gasteiger partial charge in [0.05, 0.1) is 5.52 Å². The van der Waals surface area contributed by atoms with Crippen LogP contribution in [0.5, 0.6) is 0 Å². The summed E-state index contributed by atoms with van der Waals surface area (Å²) in [7, 11) is 0. The zero-order valence-electron chi connectivity index (χ0n) is 14.4. The highest BCUT2D eigenvalue weighted by Crippen LogP contribution is 2.23. The van der Waals surface area contributed by atoms with Crippen LogP contribution in [0.15, 0.2) is 85.2 Å². The van der Waals surface area contributed by atoms with E-state index in [0.717, 1.165) is 28.1 Å². The van der Waals surface area contributed by atoms with Gasteiger partial charge in [-0.1, -0.05) is 30.3 Å². The van der Waals surface area contributed by atoms with Crippen molar-refractivity contribution in [3.05, 3.63) is 85.2 Å². The summed E-state index contributed by atoms with van der Waals surface area (Å²) in [5.41, 5.74) is 3.18. The number of anilines is 4. The van der Waals surface area contributed by atoms with Gasteiger partial charge in [0.25, 0.3) is 0 Å².